The molecule has 0 spiro atoms. The van der Waals surface area contributed by atoms with Crippen molar-refractivity contribution in [1.29, 1.82) is 0 Å². The van der Waals surface area contributed by atoms with E-state index < -0.39 is 30.8 Å². The summed E-state index contributed by atoms with van der Waals surface area (Å²) in [5.74, 6) is 0. The van der Waals surface area contributed by atoms with Gasteiger partial charge in [-0.25, -0.2) is 0 Å². The van der Waals surface area contributed by atoms with Crippen LogP contribution in [0, 0.1) is 71.1 Å². The van der Waals surface area contributed by atoms with Gasteiger partial charge in [0.25, 0.3) is 0 Å². The summed E-state index contributed by atoms with van der Waals surface area (Å²) in [7, 11) is 0. The van der Waals surface area contributed by atoms with Crippen molar-refractivity contribution in [2.75, 3.05) is 0 Å². The molecule has 0 amide bonds. The minimum absolute atomic E-state index is 0. The Kier molecular flexibility index (Phi) is 71.4. The number of hydrogen-bond acceptors (Lipinski definition) is 15. The second-order valence-corrected chi connectivity index (χ2v) is 1.25. The number of carboxylic acid groups (broad SMARTS) is 10. The molecule has 22 heavy (non-hydrogen) atoms. The minimum atomic E-state index is -2.33. The maximum Gasteiger partial charge on any atom is 4.00 e. The smallest absolute Gasteiger partial charge is 0.652 e. The molecule has 0 aromatic heterocycles. The van der Waals surface area contributed by atoms with Gasteiger partial charge < -0.3 is 75.0 Å². The second-order valence-electron chi connectivity index (χ2n) is 1.25. The van der Waals surface area contributed by atoms with Crippen molar-refractivity contribution in [3.05, 3.63) is 0 Å². The van der Waals surface area contributed by atoms with Gasteiger partial charge in [0.15, 0.2) is 0 Å². The van der Waals surface area contributed by atoms with Crippen molar-refractivity contribution in [2.45, 2.75) is 0 Å². The summed E-state index contributed by atoms with van der Waals surface area (Å²) in [6.45, 7) is 0. The summed E-state index contributed by atoms with van der Waals surface area (Å²) in [6, 6.07) is 0. The van der Waals surface area contributed by atoms with Crippen LogP contribution in [-0.2, 0) is 0 Å². The van der Waals surface area contributed by atoms with Crippen LogP contribution in [0.2, 0.25) is 0 Å². The van der Waals surface area contributed by atoms with E-state index in [1.54, 1.807) is 0 Å². The molecule has 0 bridgehead atoms. The first-order valence-electron chi connectivity index (χ1n) is 3.06. The van der Waals surface area contributed by atoms with Crippen LogP contribution in [0.15, 0.2) is 0 Å². The van der Waals surface area contributed by atoms with Gasteiger partial charge in [-0.2, -0.15) is 0 Å². The van der Waals surface area contributed by atoms with E-state index >= 15 is 0 Å². The van der Waals surface area contributed by atoms with Gasteiger partial charge >= 0.3 is 39.9 Å². The molecule has 0 unspecified atom stereocenters. The van der Waals surface area contributed by atoms with Gasteiger partial charge in [0.1, 0.15) is 0 Å². The molecule has 0 heterocycles. The molecule has 0 saturated heterocycles. The number of carbonyl (C=O) groups is 5. The fourth-order valence-corrected chi connectivity index (χ4v) is 0. The first-order chi connectivity index (χ1) is 8.66. The largest absolute Gasteiger partial charge is 4.00 e. The topological polar surface area (TPSA) is 316 Å². The number of hydrogen-bond donors (Lipinski definition) is 0. The first kappa shape index (κ1) is 42.8. The molecule has 15 nitrogen and oxygen atoms in total. The predicted molar refractivity (Wildman–Crippen MR) is 27.0 cm³/mol. The average Bonchev–Trinajstić information content (AvgIpc) is 1.94. The predicted octanol–water partition coefficient (Wildman–Crippen LogP) is -12.2. The van der Waals surface area contributed by atoms with Crippen LogP contribution >= 0.6 is 0 Å². The molecular formula is C5O15ThU-6. The summed E-state index contributed by atoms with van der Waals surface area (Å²) in [6.07, 6.45) is -11.7. The van der Waals surface area contributed by atoms with Crippen LogP contribution in [0.3, 0.4) is 0 Å². The summed E-state index contributed by atoms with van der Waals surface area (Å²) < 4.78 is 0. The van der Waals surface area contributed by atoms with Crippen molar-refractivity contribution in [2.24, 2.45) is 0 Å². The molecular weight excluding hydrogens is 770 g/mol. The van der Waals surface area contributed by atoms with Gasteiger partial charge in [-0.15, -0.1) is 0 Å². The molecule has 17 heteroatoms. The molecule has 0 saturated carbocycles. The molecule has 0 atom stereocenters. The number of carbonyl (C=O) groups excluding carboxylic acids is 5. The van der Waals surface area contributed by atoms with Crippen LogP contribution in [0.4, 0.5) is 24.0 Å². The Morgan fingerprint density at radius 1 is 0.364 bits per heavy atom. The fourth-order valence-electron chi connectivity index (χ4n) is 0. The summed E-state index contributed by atoms with van der Waals surface area (Å²) in [5.41, 5.74) is 0. The van der Waals surface area contributed by atoms with E-state index in [4.69, 9.17) is 75.0 Å². The standard InChI is InChI=1S/5CH2O3.Th.U/c5*2-1(3)4;;/h5*(H2,2,3,4);;/q;;;;;+4;/p-10. The van der Waals surface area contributed by atoms with Crippen molar-refractivity contribution >= 4 is 30.8 Å². The third-order valence-corrected chi connectivity index (χ3v) is 0. The average molecular weight is 770 g/mol. The zero-order valence-corrected chi connectivity index (χ0v) is 17.9. The molecule has 124 valence electrons. The van der Waals surface area contributed by atoms with E-state index in [0.717, 1.165) is 0 Å². The third kappa shape index (κ3) is 3630. The molecule has 0 fully saturated rings. The Morgan fingerprint density at radius 2 is 0.364 bits per heavy atom. The van der Waals surface area contributed by atoms with Gasteiger partial charge in [-0.1, -0.05) is 0 Å². The first-order valence-corrected chi connectivity index (χ1v) is 3.06. The zero-order chi connectivity index (χ0) is 17.9. The zero-order valence-electron chi connectivity index (χ0n) is 9.62. The molecule has 0 aliphatic heterocycles. The van der Waals surface area contributed by atoms with E-state index in [9.17, 15) is 0 Å². The summed E-state index contributed by atoms with van der Waals surface area (Å²) >= 11 is 0. The Hall–Kier alpha value is -1.27. The maximum atomic E-state index is 8.33. The van der Waals surface area contributed by atoms with E-state index in [1.807, 2.05) is 0 Å². The van der Waals surface area contributed by atoms with Crippen LogP contribution in [0.1, 0.15) is 0 Å². The second kappa shape index (κ2) is 36.7. The van der Waals surface area contributed by atoms with Crippen molar-refractivity contribution in [1.82, 2.24) is 0 Å². The third-order valence-electron chi connectivity index (χ3n) is 0. The van der Waals surface area contributed by atoms with Crippen molar-refractivity contribution < 1.29 is 146 Å². The van der Waals surface area contributed by atoms with Crippen LogP contribution in [0.25, 0.3) is 0 Å². The van der Waals surface area contributed by atoms with Crippen molar-refractivity contribution in [3.63, 3.8) is 0 Å². The van der Waals surface area contributed by atoms with Gasteiger partial charge in [-0.05, 0) is 30.8 Å². The minimum Gasteiger partial charge on any atom is -0.652 e. The van der Waals surface area contributed by atoms with Crippen LogP contribution < -0.4 is 51.1 Å². The van der Waals surface area contributed by atoms with E-state index in [2.05, 4.69) is 0 Å². The molecule has 0 aromatic carbocycles. The maximum absolute atomic E-state index is 8.33. The Morgan fingerprint density at radius 3 is 0.364 bits per heavy atom. The van der Waals surface area contributed by atoms with Crippen LogP contribution in [-0.4, -0.2) is 30.8 Å². The van der Waals surface area contributed by atoms with Gasteiger partial charge in [-0.3, -0.25) is 0 Å². The number of rotatable bonds is 0. The van der Waals surface area contributed by atoms with Gasteiger partial charge in [0, 0.05) is 31.1 Å². The monoisotopic (exact) mass is 770 g/mol. The summed E-state index contributed by atoms with van der Waals surface area (Å²) in [5, 5.41) is 83.3. The Bertz CT molecular complexity index is 213. The molecule has 0 N–H and O–H groups in total. The quantitative estimate of drug-likeness (QED) is 0.221. The van der Waals surface area contributed by atoms with Crippen molar-refractivity contribution in [3.8, 4) is 0 Å². The molecule has 0 aliphatic carbocycles. The van der Waals surface area contributed by atoms with E-state index in [1.165, 1.54) is 0 Å². The Labute approximate surface area is 175 Å². The van der Waals surface area contributed by atoms with E-state index in [-0.39, 0.29) is 71.1 Å². The Balaban J connectivity index is -0.0000000250. The SMILES string of the molecule is O=C([O-])[O-].O=C([O-])[O-].O=C([O-])[O-].O=C([O-])[O-].O=C([O-])[O-].[Th+4].[U]. The van der Waals surface area contributed by atoms with Crippen LogP contribution in [0.5, 0.6) is 0 Å². The molecule has 0 aromatic rings. The fraction of sp³-hybridized carbons (Fsp3) is 0. The molecule has 0 rings (SSSR count). The van der Waals surface area contributed by atoms with E-state index in [0.29, 0.717) is 0 Å². The molecule has 0 radical (unpaired) electrons. The molecule has 0 aliphatic rings. The van der Waals surface area contributed by atoms with Gasteiger partial charge in [0.2, 0.25) is 0 Å². The van der Waals surface area contributed by atoms with Gasteiger partial charge in [0.05, 0.1) is 0 Å². The summed E-state index contributed by atoms with van der Waals surface area (Å²) in [4.78, 5) is 41.7. The normalized spacial score (nSPS) is 5.45.